The second kappa shape index (κ2) is 10.6. The Morgan fingerprint density at radius 2 is 1.38 bits per heavy atom. The first-order valence-electron chi connectivity index (χ1n) is 16.6. The van der Waals surface area contributed by atoms with Crippen LogP contribution >= 0.6 is 0 Å². The Hall–Kier alpha value is -5.80. The van der Waals surface area contributed by atoms with Gasteiger partial charge in [-0.1, -0.05) is 123 Å². The Bertz CT molecular complexity index is 2610. The van der Waals surface area contributed by atoms with E-state index in [4.69, 9.17) is 14.4 Å². The zero-order valence-corrected chi connectivity index (χ0v) is 27.5. The lowest BCUT2D eigenvalue weighted by Crippen LogP contribution is -2.16. The number of aromatic nitrogens is 2. The van der Waals surface area contributed by atoms with Crippen LogP contribution in [0.15, 0.2) is 132 Å². The minimum atomic E-state index is -0.206. The van der Waals surface area contributed by atoms with Crippen molar-refractivity contribution < 1.29 is 4.42 Å². The third kappa shape index (κ3) is 4.21. The smallest absolute Gasteiger partial charge is 0.160 e. The van der Waals surface area contributed by atoms with E-state index in [1.54, 1.807) is 0 Å². The van der Waals surface area contributed by atoms with Crippen LogP contribution in [0.4, 0.5) is 0 Å². The lowest BCUT2D eigenvalue weighted by Gasteiger charge is -2.25. The number of furan rings is 1. The summed E-state index contributed by atoms with van der Waals surface area (Å²) in [5.74, 6) is 1.68. The molecular formula is C45H34N2O. The number of hydrogen-bond acceptors (Lipinski definition) is 3. The van der Waals surface area contributed by atoms with Crippen LogP contribution in [0, 0.1) is 6.92 Å². The highest BCUT2D eigenvalue weighted by Crippen LogP contribution is 2.53. The number of allylic oxidation sites excluding steroid dienone is 1. The molecule has 48 heavy (non-hydrogen) atoms. The minimum Gasteiger partial charge on any atom is -0.461 e. The first-order chi connectivity index (χ1) is 23.4. The van der Waals surface area contributed by atoms with Crippen molar-refractivity contribution in [1.82, 2.24) is 9.97 Å². The molecule has 6 aromatic carbocycles. The van der Waals surface area contributed by atoms with E-state index in [9.17, 15) is 0 Å². The van der Waals surface area contributed by atoms with Crippen molar-refractivity contribution in [2.75, 3.05) is 0 Å². The average Bonchev–Trinajstić information content (AvgIpc) is 3.55. The van der Waals surface area contributed by atoms with Gasteiger partial charge in [0.05, 0.1) is 11.2 Å². The van der Waals surface area contributed by atoms with E-state index in [2.05, 4.69) is 155 Å². The fourth-order valence-electron chi connectivity index (χ4n) is 7.86. The minimum absolute atomic E-state index is 0.206. The quantitative estimate of drug-likeness (QED) is 0.184. The summed E-state index contributed by atoms with van der Waals surface area (Å²) in [6.45, 7) is 8.81. The fraction of sp³-hybridized carbons (Fsp3) is 0.111. The highest BCUT2D eigenvalue weighted by atomic mass is 16.3. The molecule has 1 aliphatic carbocycles. The molecule has 0 bridgehead atoms. The molecule has 8 aromatic rings. The number of rotatable bonds is 4. The van der Waals surface area contributed by atoms with Crippen LogP contribution in [0.2, 0.25) is 0 Å². The molecule has 3 heteroatoms. The Balaban J connectivity index is 1.23. The largest absolute Gasteiger partial charge is 0.461 e. The van der Waals surface area contributed by atoms with E-state index in [0.717, 1.165) is 61.4 Å². The molecule has 1 aliphatic rings. The molecule has 0 spiro atoms. The number of hydrogen-bond donors (Lipinski definition) is 0. The number of fused-ring (bicyclic) bond motifs is 7. The van der Waals surface area contributed by atoms with Crippen molar-refractivity contribution in [3.05, 3.63) is 150 Å². The Morgan fingerprint density at radius 3 is 2.23 bits per heavy atom. The van der Waals surface area contributed by atoms with Crippen molar-refractivity contribution in [1.29, 1.82) is 0 Å². The maximum Gasteiger partial charge on any atom is 0.160 e. The van der Waals surface area contributed by atoms with Crippen molar-refractivity contribution in [2.24, 2.45) is 0 Å². The van der Waals surface area contributed by atoms with Gasteiger partial charge in [0.25, 0.3) is 0 Å². The Kier molecular flexibility index (Phi) is 6.29. The van der Waals surface area contributed by atoms with E-state index < -0.39 is 0 Å². The monoisotopic (exact) mass is 618 g/mol. The summed E-state index contributed by atoms with van der Waals surface area (Å²) >= 11 is 0. The summed E-state index contributed by atoms with van der Waals surface area (Å²) in [5.41, 5.74) is 13.4. The Morgan fingerprint density at radius 1 is 0.625 bits per heavy atom. The van der Waals surface area contributed by atoms with Crippen LogP contribution in [-0.2, 0) is 5.41 Å². The molecule has 0 saturated carbocycles. The van der Waals surface area contributed by atoms with Gasteiger partial charge in [0, 0.05) is 38.3 Å². The van der Waals surface area contributed by atoms with Gasteiger partial charge in [-0.2, -0.15) is 0 Å². The molecule has 0 atom stereocenters. The van der Waals surface area contributed by atoms with E-state index in [1.807, 2.05) is 6.07 Å². The molecule has 230 valence electrons. The molecule has 2 heterocycles. The first kappa shape index (κ1) is 28.4. The van der Waals surface area contributed by atoms with Crippen molar-refractivity contribution in [3.8, 4) is 44.9 Å². The number of nitrogens with zero attached hydrogens (tertiary/aromatic N) is 2. The predicted molar refractivity (Wildman–Crippen MR) is 200 cm³/mol. The zero-order chi connectivity index (χ0) is 32.6. The van der Waals surface area contributed by atoms with Crippen LogP contribution < -0.4 is 0 Å². The summed E-state index contributed by atoms with van der Waals surface area (Å²) in [5, 5.41) is 4.53. The second-order valence-corrected chi connectivity index (χ2v) is 13.3. The van der Waals surface area contributed by atoms with Gasteiger partial charge in [-0.15, -0.1) is 0 Å². The molecule has 0 saturated heterocycles. The number of benzene rings is 6. The second-order valence-electron chi connectivity index (χ2n) is 13.3. The molecule has 3 nitrogen and oxygen atoms in total. The normalized spacial score (nSPS) is 13.5. The molecular weight excluding hydrogens is 585 g/mol. The van der Waals surface area contributed by atoms with Gasteiger partial charge >= 0.3 is 0 Å². The highest BCUT2D eigenvalue weighted by molar-refractivity contribution is 6.09. The molecule has 0 aliphatic heterocycles. The van der Waals surface area contributed by atoms with Gasteiger partial charge in [-0.05, 0) is 76.9 Å². The fourth-order valence-corrected chi connectivity index (χ4v) is 7.86. The molecule has 0 amide bonds. The maximum absolute atomic E-state index is 6.27. The molecule has 0 unspecified atom stereocenters. The standard InChI is InChI=1S/C45H34N2O/c1-5-13-32-27(2)48-40-26-37-35-21-12-20-33(41(35)45(3,4)39(37)25-38(32)40)30-17-11-18-31(24-30)44-46-42(29-15-7-6-8-16-29)36-23-22-28-14-9-10-19-34(28)43(36)47-44/h5-26H,1-4H3/b13-5-. The highest BCUT2D eigenvalue weighted by Gasteiger charge is 2.38. The molecule has 2 aromatic heterocycles. The van der Waals surface area contributed by atoms with Crippen molar-refractivity contribution in [2.45, 2.75) is 33.1 Å². The lowest BCUT2D eigenvalue weighted by molar-refractivity contribution is 0.577. The molecule has 9 rings (SSSR count). The summed E-state index contributed by atoms with van der Waals surface area (Å²) in [6.07, 6.45) is 4.24. The summed E-state index contributed by atoms with van der Waals surface area (Å²) < 4.78 is 6.27. The van der Waals surface area contributed by atoms with Gasteiger partial charge in [0.15, 0.2) is 5.82 Å². The third-order valence-electron chi connectivity index (χ3n) is 10.1. The number of aryl methyl sites for hydroxylation is 1. The van der Waals surface area contributed by atoms with E-state index in [1.165, 1.54) is 38.6 Å². The Labute approximate surface area is 280 Å². The van der Waals surface area contributed by atoms with E-state index >= 15 is 0 Å². The summed E-state index contributed by atoms with van der Waals surface area (Å²) in [6, 6.07) is 43.3. The van der Waals surface area contributed by atoms with Crippen LogP contribution in [0.5, 0.6) is 0 Å². The van der Waals surface area contributed by atoms with Crippen LogP contribution in [0.1, 0.15) is 43.2 Å². The van der Waals surface area contributed by atoms with Gasteiger partial charge in [0.2, 0.25) is 0 Å². The predicted octanol–water partition coefficient (Wildman–Crippen LogP) is 12.2. The van der Waals surface area contributed by atoms with E-state index in [0.29, 0.717) is 0 Å². The van der Waals surface area contributed by atoms with Crippen molar-refractivity contribution >= 4 is 38.7 Å². The average molecular weight is 619 g/mol. The van der Waals surface area contributed by atoms with Gasteiger partial charge in [0.1, 0.15) is 11.3 Å². The van der Waals surface area contributed by atoms with Crippen molar-refractivity contribution in [3.63, 3.8) is 0 Å². The lowest BCUT2D eigenvalue weighted by atomic mass is 9.78. The zero-order valence-electron chi connectivity index (χ0n) is 27.5. The van der Waals surface area contributed by atoms with Crippen LogP contribution in [-0.4, -0.2) is 9.97 Å². The van der Waals surface area contributed by atoms with Gasteiger partial charge < -0.3 is 4.42 Å². The van der Waals surface area contributed by atoms with Gasteiger partial charge in [-0.3, -0.25) is 0 Å². The third-order valence-corrected chi connectivity index (χ3v) is 10.1. The summed E-state index contributed by atoms with van der Waals surface area (Å²) in [7, 11) is 0. The first-order valence-corrected chi connectivity index (χ1v) is 16.6. The molecule has 0 radical (unpaired) electrons. The summed E-state index contributed by atoms with van der Waals surface area (Å²) in [4.78, 5) is 10.5. The SMILES string of the molecule is C/C=C\c1c(C)oc2cc3c(cc12)C(C)(C)c1c(-c2cccc(-c4nc(-c5ccccc5)c5ccc6ccccc6c5n4)c2)cccc1-3. The van der Waals surface area contributed by atoms with Crippen LogP contribution in [0.25, 0.3) is 83.6 Å². The van der Waals surface area contributed by atoms with Gasteiger partial charge in [-0.25, -0.2) is 9.97 Å². The topological polar surface area (TPSA) is 38.9 Å². The van der Waals surface area contributed by atoms with Crippen LogP contribution in [0.3, 0.4) is 0 Å². The molecule has 0 N–H and O–H groups in total. The maximum atomic E-state index is 6.27. The van der Waals surface area contributed by atoms with E-state index in [-0.39, 0.29) is 5.41 Å². The molecule has 0 fully saturated rings.